The predicted octanol–water partition coefficient (Wildman–Crippen LogP) is -0.0965. The van der Waals surface area contributed by atoms with Crippen molar-refractivity contribution in [3.8, 4) is 0 Å². The van der Waals surface area contributed by atoms with Gasteiger partial charge in [-0.15, -0.1) is 0 Å². The highest BCUT2D eigenvalue weighted by Gasteiger charge is 2.08. The third-order valence-electron chi connectivity index (χ3n) is 3.18. The number of carbonyl (C=O) groups excluding carboxylic acids is 1. The highest BCUT2D eigenvalue weighted by atomic mass is 16.2. The van der Waals surface area contributed by atoms with E-state index >= 15 is 0 Å². The molecule has 0 aliphatic carbocycles. The Hall–Kier alpha value is -3.16. The van der Waals surface area contributed by atoms with Crippen LogP contribution in [0.25, 0.3) is 0 Å². The van der Waals surface area contributed by atoms with Gasteiger partial charge in [0, 0.05) is 32.9 Å². The number of H-pyrrole nitrogens is 1. The van der Waals surface area contributed by atoms with Gasteiger partial charge in [0.2, 0.25) is 0 Å². The number of amides is 1. The summed E-state index contributed by atoms with van der Waals surface area (Å²) in [6.45, 7) is 0. The van der Waals surface area contributed by atoms with Crippen LogP contribution in [0.2, 0.25) is 0 Å². The van der Waals surface area contributed by atoms with Gasteiger partial charge < -0.3 is 9.88 Å². The van der Waals surface area contributed by atoms with E-state index in [9.17, 15) is 14.4 Å². The second kappa shape index (κ2) is 6.73. The molecule has 2 rings (SSSR count). The van der Waals surface area contributed by atoms with Gasteiger partial charge in [-0.05, 0) is 17.7 Å². The van der Waals surface area contributed by atoms with Crippen LogP contribution in [-0.2, 0) is 7.05 Å². The Bertz CT molecular complexity index is 815. The van der Waals surface area contributed by atoms with Crippen molar-refractivity contribution < 1.29 is 4.79 Å². The van der Waals surface area contributed by atoms with E-state index in [4.69, 9.17) is 0 Å². The van der Waals surface area contributed by atoms with Crippen LogP contribution < -0.4 is 21.6 Å². The van der Waals surface area contributed by atoms with Crippen molar-refractivity contribution in [3.63, 3.8) is 0 Å². The molecule has 0 aliphatic heterocycles. The molecule has 0 bridgehead atoms. The Kier molecular flexibility index (Phi) is 4.75. The van der Waals surface area contributed by atoms with Crippen molar-refractivity contribution in [1.29, 1.82) is 0 Å². The third-order valence-corrected chi connectivity index (χ3v) is 3.18. The van der Waals surface area contributed by atoms with Gasteiger partial charge in [0.05, 0.1) is 6.21 Å². The molecule has 1 amide bonds. The molecule has 2 aromatic rings. The van der Waals surface area contributed by atoms with Crippen LogP contribution in [0.5, 0.6) is 0 Å². The van der Waals surface area contributed by atoms with Crippen LogP contribution in [0.15, 0.2) is 45.0 Å². The first-order valence-electron chi connectivity index (χ1n) is 6.79. The van der Waals surface area contributed by atoms with E-state index in [1.165, 1.54) is 13.3 Å². The number of rotatable bonds is 4. The minimum atomic E-state index is -0.666. The minimum absolute atomic E-state index is 0.141. The number of aromatic nitrogens is 2. The van der Waals surface area contributed by atoms with E-state index in [1.807, 2.05) is 43.3 Å². The first kappa shape index (κ1) is 16.2. The summed E-state index contributed by atoms with van der Waals surface area (Å²) in [7, 11) is 5.20. The van der Waals surface area contributed by atoms with E-state index < -0.39 is 17.2 Å². The topological polar surface area (TPSA) is 99.6 Å². The van der Waals surface area contributed by atoms with E-state index in [2.05, 4.69) is 15.5 Å². The number of hydrogen-bond acceptors (Lipinski definition) is 5. The molecule has 2 N–H and O–H groups in total. The molecule has 0 atom stereocenters. The molecule has 0 radical (unpaired) electrons. The molecule has 120 valence electrons. The number of nitrogens with zero attached hydrogens (tertiary/aromatic N) is 3. The normalized spacial score (nSPS) is 10.7. The lowest BCUT2D eigenvalue weighted by atomic mass is 10.2. The average Bonchev–Trinajstić information content (AvgIpc) is 2.52. The summed E-state index contributed by atoms with van der Waals surface area (Å²) >= 11 is 0. The maximum Gasteiger partial charge on any atom is 0.328 e. The van der Waals surface area contributed by atoms with Crippen LogP contribution >= 0.6 is 0 Å². The molecule has 1 aromatic carbocycles. The molecule has 8 heteroatoms. The third kappa shape index (κ3) is 3.94. The number of anilines is 1. The lowest BCUT2D eigenvalue weighted by molar-refractivity contribution is 0.0949. The average molecular weight is 315 g/mol. The second-order valence-corrected chi connectivity index (χ2v) is 5.07. The molecule has 23 heavy (non-hydrogen) atoms. The smallest absolute Gasteiger partial charge is 0.328 e. The van der Waals surface area contributed by atoms with Crippen molar-refractivity contribution in [3.05, 3.63) is 62.4 Å². The van der Waals surface area contributed by atoms with Gasteiger partial charge in [-0.25, -0.2) is 10.2 Å². The van der Waals surface area contributed by atoms with Gasteiger partial charge in [0.25, 0.3) is 11.5 Å². The van der Waals surface area contributed by atoms with E-state index in [1.54, 1.807) is 0 Å². The number of hydrogen-bond donors (Lipinski definition) is 2. The summed E-state index contributed by atoms with van der Waals surface area (Å²) in [5.41, 5.74) is 2.74. The summed E-state index contributed by atoms with van der Waals surface area (Å²) in [6, 6.07) is 8.58. The maximum atomic E-state index is 11.8. The number of aromatic amines is 1. The van der Waals surface area contributed by atoms with Crippen molar-refractivity contribution in [2.75, 3.05) is 19.0 Å². The van der Waals surface area contributed by atoms with E-state index in [0.29, 0.717) is 0 Å². The largest absolute Gasteiger partial charge is 0.378 e. The van der Waals surface area contributed by atoms with Crippen LogP contribution in [-0.4, -0.2) is 35.8 Å². The molecule has 0 aliphatic rings. The Labute approximate surface area is 132 Å². The Morgan fingerprint density at radius 1 is 1.26 bits per heavy atom. The highest BCUT2D eigenvalue weighted by molar-refractivity contribution is 5.92. The minimum Gasteiger partial charge on any atom is -0.378 e. The molecule has 8 nitrogen and oxygen atoms in total. The van der Waals surface area contributed by atoms with Gasteiger partial charge in [-0.1, -0.05) is 12.1 Å². The quantitative estimate of drug-likeness (QED) is 0.608. The lowest BCUT2D eigenvalue weighted by Gasteiger charge is -2.11. The molecule has 0 saturated heterocycles. The highest BCUT2D eigenvalue weighted by Crippen LogP contribution is 2.10. The van der Waals surface area contributed by atoms with Gasteiger partial charge >= 0.3 is 5.69 Å². The van der Waals surface area contributed by atoms with Crippen molar-refractivity contribution in [1.82, 2.24) is 15.0 Å². The number of benzene rings is 1. The standard InChI is InChI=1S/C15H17N5O3/c1-19(2)11-6-4-10(5-7-11)9-16-18-14(22)12-8-13(21)20(3)15(23)17-12/h4-9H,1-3H3,(H,17,23)(H,18,22)/b16-9+. The predicted molar refractivity (Wildman–Crippen MR) is 88.1 cm³/mol. The molecule has 0 spiro atoms. The summed E-state index contributed by atoms with van der Waals surface area (Å²) in [5, 5.41) is 3.81. The van der Waals surface area contributed by atoms with Crippen molar-refractivity contribution >= 4 is 17.8 Å². The first-order chi connectivity index (χ1) is 10.9. The summed E-state index contributed by atoms with van der Waals surface area (Å²) in [4.78, 5) is 39.0. The number of hydrazone groups is 1. The Balaban J connectivity index is 2.06. The number of nitrogens with one attached hydrogen (secondary N) is 2. The summed E-state index contributed by atoms with van der Waals surface area (Å²) in [5.74, 6) is -0.666. The Morgan fingerprint density at radius 3 is 2.48 bits per heavy atom. The second-order valence-electron chi connectivity index (χ2n) is 5.07. The Morgan fingerprint density at radius 2 is 1.91 bits per heavy atom. The zero-order valence-electron chi connectivity index (χ0n) is 13.0. The molecule has 0 fully saturated rings. The molecule has 1 heterocycles. The first-order valence-corrected chi connectivity index (χ1v) is 6.79. The molecular weight excluding hydrogens is 298 g/mol. The SMILES string of the molecule is CN(C)c1ccc(/C=N/NC(=O)c2cc(=O)n(C)c(=O)[nH]2)cc1. The van der Waals surface area contributed by atoms with Crippen LogP contribution in [0.1, 0.15) is 16.1 Å². The fourth-order valence-corrected chi connectivity index (χ4v) is 1.76. The lowest BCUT2D eigenvalue weighted by Crippen LogP contribution is -2.35. The number of carbonyl (C=O) groups is 1. The molecular formula is C15H17N5O3. The molecule has 1 aromatic heterocycles. The fourth-order valence-electron chi connectivity index (χ4n) is 1.76. The zero-order valence-corrected chi connectivity index (χ0v) is 13.0. The van der Waals surface area contributed by atoms with E-state index in [-0.39, 0.29) is 5.69 Å². The summed E-state index contributed by atoms with van der Waals surface area (Å²) in [6.07, 6.45) is 1.47. The van der Waals surface area contributed by atoms with Gasteiger partial charge in [-0.2, -0.15) is 5.10 Å². The van der Waals surface area contributed by atoms with Crippen LogP contribution in [0.4, 0.5) is 5.69 Å². The summed E-state index contributed by atoms with van der Waals surface area (Å²) < 4.78 is 0.867. The molecule has 0 unspecified atom stereocenters. The van der Waals surface area contributed by atoms with Crippen molar-refractivity contribution in [2.45, 2.75) is 0 Å². The van der Waals surface area contributed by atoms with Crippen molar-refractivity contribution in [2.24, 2.45) is 12.1 Å². The van der Waals surface area contributed by atoms with Crippen LogP contribution in [0, 0.1) is 0 Å². The monoisotopic (exact) mass is 315 g/mol. The van der Waals surface area contributed by atoms with Crippen LogP contribution in [0.3, 0.4) is 0 Å². The van der Waals surface area contributed by atoms with E-state index in [0.717, 1.165) is 21.9 Å². The van der Waals surface area contributed by atoms with Gasteiger partial charge in [0.15, 0.2) is 0 Å². The zero-order chi connectivity index (χ0) is 17.0. The molecule has 0 saturated carbocycles. The van der Waals surface area contributed by atoms with Gasteiger partial charge in [-0.3, -0.25) is 14.2 Å². The fraction of sp³-hybridized carbons (Fsp3) is 0.200. The van der Waals surface area contributed by atoms with Gasteiger partial charge in [0.1, 0.15) is 5.69 Å². The maximum absolute atomic E-state index is 11.8.